The molecule has 0 heterocycles. The van der Waals surface area contributed by atoms with E-state index in [2.05, 4.69) is 117 Å². The SMILES string of the molecule is CC(CBr)[C@H]1CC[C@H]2C3=CC=C4CC(O[Si](C)(C)C(C)(C)C)CC(O[Si](C)(C)C(C)(C)C)[C@]4(C)[C@H]3CC[C@]12C. The molecule has 0 saturated heterocycles. The highest BCUT2D eigenvalue weighted by molar-refractivity contribution is 9.09. The number of fused-ring (bicyclic) bond motifs is 5. The van der Waals surface area contributed by atoms with Crippen LogP contribution < -0.4 is 0 Å². The molecule has 0 amide bonds. The van der Waals surface area contributed by atoms with Gasteiger partial charge in [0.15, 0.2) is 16.6 Å². The molecule has 0 aliphatic heterocycles. The Hall–Kier alpha value is 0.314. The summed E-state index contributed by atoms with van der Waals surface area (Å²) in [4.78, 5) is 0. The van der Waals surface area contributed by atoms with Crippen LogP contribution in [-0.2, 0) is 8.85 Å². The zero-order valence-corrected chi connectivity index (χ0v) is 31.3. The summed E-state index contributed by atoms with van der Waals surface area (Å²) in [6.45, 7) is 31.8. The first-order chi connectivity index (χ1) is 17.7. The lowest BCUT2D eigenvalue weighted by molar-refractivity contribution is -0.0444. The lowest BCUT2D eigenvalue weighted by Gasteiger charge is -2.59. The van der Waals surface area contributed by atoms with Crippen molar-refractivity contribution in [3.63, 3.8) is 0 Å². The standard InChI is InChI=1S/C34H61BrO2Si2/c1-23(22-35)27-16-17-28-26-15-14-24-20-25(36-38(10,11)31(2,3)4)21-30(37-39(12,13)32(5,6)7)34(24,9)29(26)18-19-33(27,28)8/h14-15,23,25,27-30H,16-22H2,1-13H3/t23?,25?,27-,28+,29+,30?,33-,34+/m1/s1. The molecule has 0 N–H and O–H groups in total. The van der Waals surface area contributed by atoms with Crippen LogP contribution in [0.4, 0.5) is 0 Å². The number of alkyl halides is 1. The number of allylic oxidation sites excluding steroid dienone is 3. The molecule has 4 aliphatic rings. The van der Waals surface area contributed by atoms with Gasteiger partial charge >= 0.3 is 0 Å². The van der Waals surface area contributed by atoms with Gasteiger partial charge in [0.2, 0.25) is 0 Å². The molecule has 0 aromatic rings. The van der Waals surface area contributed by atoms with E-state index in [0.29, 0.717) is 11.3 Å². The minimum Gasteiger partial charge on any atom is -0.414 e. The van der Waals surface area contributed by atoms with Gasteiger partial charge in [0, 0.05) is 10.7 Å². The Labute approximate surface area is 252 Å². The van der Waals surface area contributed by atoms with Crippen LogP contribution in [0.2, 0.25) is 36.3 Å². The third-order valence-electron chi connectivity index (χ3n) is 13.1. The third-order valence-corrected chi connectivity index (χ3v) is 23.2. The van der Waals surface area contributed by atoms with Gasteiger partial charge in [0.05, 0.1) is 12.2 Å². The highest BCUT2D eigenvalue weighted by Crippen LogP contribution is 2.66. The maximum Gasteiger partial charge on any atom is 0.192 e. The van der Waals surface area contributed by atoms with Crippen molar-refractivity contribution in [1.82, 2.24) is 0 Å². The van der Waals surface area contributed by atoms with E-state index in [1.165, 1.54) is 25.7 Å². The lowest BCUT2D eigenvalue weighted by Crippen LogP contribution is -2.58. The summed E-state index contributed by atoms with van der Waals surface area (Å²) in [5.41, 5.74) is 3.90. The maximum absolute atomic E-state index is 7.51. The Morgan fingerprint density at radius 2 is 1.49 bits per heavy atom. The van der Waals surface area contributed by atoms with Gasteiger partial charge in [-0.25, -0.2) is 0 Å². The van der Waals surface area contributed by atoms with E-state index in [1.54, 1.807) is 11.1 Å². The van der Waals surface area contributed by atoms with Crippen LogP contribution in [0.3, 0.4) is 0 Å². The topological polar surface area (TPSA) is 18.5 Å². The summed E-state index contributed by atoms with van der Waals surface area (Å²) in [7, 11) is -3.84. The van der Waals surface area contributed by atoms with E-state index in [0.717, 1.165) is 35.9 Å². The van der Waals surface area contributed by atoms with Crippen LogP contribution in [0.1, 0.15) is 101 Å². The zero-order chi connectivity index (χ0) is 29.4. The first-order valence-corrected chi connectivity index (χ1v) is 23.0. The van der Waals surface area contributed by atoms with Gasteiger partial charge in [-0.1, -0.05) is 102 Å². The fraction of sp³-hybridized carbons (Fsp3) is 0.882. The normalized spacial score (nSPS) is 38.4. The van der Waals surface area contributed by atoms with E-state index in [1.807, 2.05) is 0 Å². The molecule has 3 fully saturated rings. The van der Waals surface area contributed by atoms with Gasteiger partial charge < -0.3 is 8.85 Å². The average molecular weight is 638 g/mol. The van der Waals surface area contributed by atoms with Crippen LogP contribution in [0, 0.1) is 34.5 Å². The Bertz CT molecular complexity index is 986. The van der Waals surface area contributed by atoms with Gasteiger partial charge in [-0.15, -0.1) is 0 Å². The number of hydrogen-bond acceptors (Lipinski definition) is 2. The van der Waals surface area contributed by atoms with Crippen molar-refractivity contribution in [2.45, 2.75) is 149 Å². The van der Waals surface area contributed by atoms with E-state index in [9.17, 15) is 0 Å². The number of rotatable bonds is 6. The van der Waals surface area contributed by atoms with Crippen molar-refractivity contribution in [2.75, 3.05) is 5.33 Å². The van der Waals surface area contributed by atoms with Crippen LogP contribution in [0.5, 0.6) is 0 Å². The fourth-order valence-corrected chi connectivity index (χ4v) is 11.7. The minimum atomic E-state index is -1.97. The van der Waals surface area contributed by atoms with Crippen molar-refractivity contribution >= 4 is 32.6 Å². The second kappa shape index (κ2) is 10.5. The summed E-state index contributed by atoms with van der Waals surface area (Å²) in [5, 5.41) is 1.54. The minimum absolute atomic E-state index is 0.0767. The molecule has 0 bridgehead atoms. The van der Waals surface area contributed by atoms with Gasteiger partial charge in [0.1, 0.15) is 0 Å². The molecule has 4 rings (SSSR count). The van der Waals surface area contributed by atoms with Crippen LogP contribution in [0.15, 0.2) is 23.3 Å². The summed E-state index contributed by atoms with van der Waals surface area (Å²) >= 11 is 3.83. The van der Waals surface area contributed by atoms with Crippen molar-refractivity contribution < 1.29 is 8.85 Å². The Morgan fingerprint density at radius 3 is 2.05 bits per heavy atom. The fourth-order valence-electron chi connectivity index (χ4n) is 8.47. The molecule has 8 atom stereocenters. The third kappa shape index (κ3) is 5.45. The summed E-state index contributed by atoms with van der Waals surface area (Å²) in [5.74, 6) is 2.92. The second-order valence-electron chi connectivity index (χ2n) is 17.4. The van der Waals surface area contributed by atoms with Crippen LogP contribution >= 0.6 is 15.9 Å². The van der Waals surface area contributed by atoms with Crippen LogP contribution in [-0.4, -0.2) is 34.2 Å². The first-order valence-electron chi connectivity index (χ1n) is 16.0. The molecular weight excluding hydrogens is 576 g/mol. The monoisotopic (exact) mass is 636 g/mol. The van der Waals surface area contributed by atoms with Crippen molar-refractivity contribution in [3.8, 4) is 0 Å². The molecule has 0 spiro atoms. The smallest absolute Gasteiger partial charge is 0.192 e. The molecule has 224 valence electrons. The average Bonchev–Trinajstić information content (AvgIpc) is 3.14. The predicted molar refractivity (Wildman–Crippen MR) is 178 cm³/mol. The zero-order valence-electron chi connectivity index (χ0n) is 27.8. The molecule has 3 saturated carbocycles. The van der Waals surface area contributed by atoms with E-state index in [-0.39, 0.29) is 27.7 Å². The highest BCUT2D eigenvalue weighted by Gasteiger charge is 2.60. The summed E-state index contributed by atoms with van der Waals surface area (Å²) in [6, 6.07) is 0. The van der Waals surface area contributed by atoms with Gasteiger partial charge in [-0.2, -0.15) is 0 Å². The Morgan fingerprint density at radius 1 is 0.897 bits per heavy atom. The van der Waals surface area contributed by atoms with Crippen LogP contribution in [0.25, 0.3) is 0 Å². The molecule has 2 nitrogen and oxygen atoms in total. The summed E-state index contributed by atoms with van der Waals surface area (Å²) in [6.07, 6.45) is 13.2. The van der Waals surface area contributed by atoms with E-state index < -0.39 is 16.6 Å². The Kier molecular flexibility index (Phi) is 8.67. The highest BCUT2D eigenvalue weighted by atomic mass is 79.9. The van der Waals surface area contributed by atoms with E-state index in [4.69, 9.17) is 8.85 Å². The molecule has 3 unspecified atom stereocenters. The van der Waals surface area contributed by atoms with Gasteiger partial charge in [-0.3, -0.25) is 0 Å². The largest absolute Gasteiger partial charge is 0.414 e. The predicted octanol–water partition coefficient (Wildman–Crippen LogP) is 10.9. The molecule has 0 radical (unpaired) electrons. The second-order valence-corrected chi connectivity index (χ2v) is 27.6. The van der Waals surface area contributed by atoms with Gasteiger partial charge in [-0.05, 0) is 104 Å². The Balaban J connectivity index is 1.73. The summed E-state index contributed by atoms with van der Waals surface area (Å²) < 4.78 is 14.7. The quantitative estimate of drug-likeness (QED) is 0.213. The van der Waals surface area contributed by atoms with Gasteiger partial charge in [0.25, 0.3) is 0 Å². The molecule has 39 heavy (non-hydrogen) atoms. The first kappa shape index (κ1) is 32.2. The maximum atomic E-state index is 7.51. The van der Waals surface area contributed by atoms with E-state index >= 15 is 0 Å². The molecule has 4 aliphatic carbocycles. The lowest BCUT2D eigenvalue weighted by atomic mass is 9.49. The number of halogens is 1. The van der Waals surface area contributed by atoms with Crippen molar-refractivity contribution in [3.05, 3.63) is 23.3 Å². The molecule has 0 aromatic heterocycles. The van der Waals surface area contributed by atoms with Crippen molar-refractivity contribution in [1.29, 1.82) is 0 Å². The molecule has 5 heteroatoms. The van der Waals surface area contributed by atoms with Crippen molar-refractivity contribution in [2.24, 2.45) is 34.5 Å². The molecule has 0 aromatic carbocycles. The number of hydrogen-bond donors (Lipinski definition) is 0. The molecular formula is C34H61BrO2Si2.